The molecule has 2 fully saturated rings. The number of amides is 2. The summed E-state index contributed by atoms with van der Waals surface area (Å²) in [5, 5.41) is 16.3. The topological polar surface area (TPSA) is 106 Å². The molecule has 9 heteroatoms. The molecule has 0 unspecified atom stereocenters. The fourth-order valence-electron chi connectivity index (χ4n) is 4.50. The first-order chi connectivity index (χ1) is 13.9. The number of hydrazone groups is 1. The summed E-state index contributed by atoms with van der Waals surface area (Å²) in [6, 6.07) is 7.23. The molecule has 1 saturated heterocycles. The zero-order chi connectivity index (χ0) is 20.3. The van der Waals surface area contributed by atoms with Crippen LogP contribution in [0.2, 0.25) is 5.02 Å². The van der Waals surface area contributed by atoms with Gasteiger partial charge in [0, 0.05) is 17.7 Å². The molecule has 5 rings (SSSR count). The number of rotatable bonds is 4. The Bertz CT molecular complexity index is 1090. The molecule has 2 bridgehead atoms. The maximum atomic E-state index is 12.6. The fraction of sp³-hybridized carbons (Fsp3) is 0.250. The van der Waals surface area contributed by atoms with Crippen molar-refractivity contribution in [2.45, 2.75) is 6.42 Å². The molecule has 1 aliphatic heterocycles. The highest BCUT2D eigenvalue weighted by molar-refractivity contribution is 6.33. The Kier molecular flexibility index (Phi) is 3.92. The first-order valence-corrected chi connectivity index (χ1v) is 9.46. The van der Waals surface area contributed by atoms with Gasteiger partial charge in [-0.3, -0.25) is 19.7 Å². The van der Waals surface area contributed by atoms with Gasteiger partial charge in [-0.05, 0) is 36.5 Å². The van der Waals surface area contributed by atoms with Crippen LogP contribution in [0.25, 0.3) is 11.3 Å². The van der Waals surface area contributed by atoms with Gasteiger partial charge in [0.2, 0.25) is 0 Å². The van der Waals surface area contributed by atoms with Crippen LogP contribution >= 0.6 is 11.6 Å². The molecule has 2 aliphatic carbocycles. The van der Waals surface area contributed by atoms with Gasteiger partial charge in [-0.25, -0.2) is 0 Å². The van der Waals surface area contributed by atoms with Crippen LogP contribution in [0.4, 0.5) is 5.69 Å². The summed E-state index contributed by atoms with van der Waals surface area (Å²) in [6.07, 6.45) is 6.19. The number of hydrogen-bond donors (Lipinski definition) is 0. The Hall–Kier alpha value is -3.26. The van der Waals surface area contributed by atoms with Crippen molar-refractivity contribution in [3.8, 4) is 11.3 Å². The first kappa shape index (κ1) is 17.8. The number of non-ortho nitro benzene ring substituents is 1. The SMILES string of the molecule is O=C1[C@H]2[C@H](C(=O)N1/N=C\c1ccc(-c3cc([N+](=O)[O-])ccc3Cl)o1)[C@H]1C=C[C@H]2C1. The van der Waals surface area contributed by atoms with E-state index in [0.717, 1.165) is 11.4 Å². The van der Waals surface area contributed by atoms with Gasteiger partial charge in [0.1, 0.15) is 11.5 Å². The molecular formula is C20H14ClN3O5. The van der Waals surface area contributed by atoms with Gasteiger partial charge in [-0.1, -0.05) is 23.8 Å². The van der Waals surface area contributed by atoms with Crippen LogP contribution < -0.4 is 0 Å². The van der Waals surface area contributed by atoms with Crippen LogP contribution in [0.5, 0.6) is 0 Å². The normalized spacial score (nSPS) is 27.4. The molecule has 1 saturated carbocycles. The Morgan fingerprint density at radius 2 is 1.83 bits per heavy atom. The number of benzene rings is 1. The maximum absolute atomic E-state index is 12.6. The Morgan fingerprint density at radius 3 is 2.48 bits per heavy atom. The Labute approximate surface area is 169 Å². The number of allylic oxidation sites excluding steroid dienone is 2. The summed E-state index contributed by atoms with van der Waals surface area (Å²) in [7, 11) is 0. The third-order valence-corrected chi connectivity index (χ3v) is 6.13. The molecule has 2 aromatic rings. The summed E-state index contributed by atoms with van der Waals surface area (Å²) in [5.74, 6) is -0.334. The van der Waals surface area contributed by atoms with Gasteiger partial charge >= 0.3 is 0 Å². The Morgan fingerprint density at radius 1 is 1.14 bits per heavy atom. The molecule has 2 heterocycles. The lowest BCUT2D eigenvalue weighted by Gasteiger charge is -2.13. The minimum Gasteiger partial charge on any atom is -0.455 e. The lowest BCUT2D eigenvalue weighted by atomic mass is 9.85. The number of halogens is 1. The number of carbonyl (C=O) groups excluding carboxylic acids is 2. The van der Waals surface area contributed by atoms with Gasteiger partial charge in [-0.2, -0.15) is 10.1 Å². The van der Waals surface area contributed by atoms with Crippen LogP contribution in [0, 0.1) is 33.8 Å². The van der Waals surface area contributed by atoms with E-state index in [2.05, 4.69) is 5.10 Å². The predicted molar refractivity (Wildman–Crippen MR) is 103 cm³/mol. The molecule has 1 aromatic carbocycles. The standard InChI is InChI=1S/C20H14ClN3O5/c21-15-5-3-12(24(27)28)8-14(15)16-6-4-13(29-16)9-22-23-19(25)17-10-1-2-11(7-10)18(17)20(23)26/h1-6,8-11,17-18H,7H2/b22-9-/t10-,11-,17+,18+/m0/s1. The van der Waals surface area contributed by atoms with Crippen molar-refractivity contribution >= 4 is 35.3 Å². The van der Waals surface area contributed by atoms with E-state index in [1.165, 1.54) is 24.4 Å². The van der Waals surface area contributed by atoms with E-state index in [1.54, 1.807) is 12.1 Å². The number of nitro benzene ring substituents is 1. The van der Waals surface area contributed by atoms with Crippen molar-refractivity contribution in [3.05, 3.63) is 63.4 Å². The van der Waals surface area contributed by atoms with E-state index in [1.807, 2.05) is 12.2 Å². The summed E-state index contributed by atoms with van der Waals surface area (Å²) in [6.45, 7) is 0. The quantitative estimate of drug-likeness (QED) is 0.251. The minimum absolute atomic E-state index is 0.112. The van der Waals surface area contributed by atoms with Crippen molar-refractivity contribution in [1.29, 1.82) is 0 Å². The fourth-order valence-corrected chi connectivity index (χ4v) is 4.71. The van der Waals surface area contributed by atoms with Crippen molar-refractivity contribution < 1.29 is 18.9 Å². The second-order valence-electron chi connectivity index (χ2n) is 7.36. The monoisotopic (exact) mass is 411 g/mol. The molecule has 29 heavy (non-hydrogen) atoms. The highest BCUT2D eigenvalue weighted by atomic mass is 35.5. The summed E-state index contributed by atoms with van der Waals surface area (Å²) < 4.78 is 5.65. The van der Waals surface area contributed by atoms with Crippen molar-refractivity contribution in [1.82, 2.24) is 5.01 Å². The van der Waals surface area contributed by atoms with E-state index in [9.17, 15) is 19.7 Å². The molecule has 0 spiro atoms. The van der Waals surface area contributed by atoms with Gasteiger partial charge in [0.05, 0.1) is 28.0 Å². The molecule has 0 N–H and O–H groups in total. The van der Waals surface area contributed by atoms with Crippen LogP contribution in [-0.2, 0) is 9.59 Å². The smallest absolute Gasteiger partial charge is 0.270 e. The molecule has 146 valence electrons. The van der Waals surface area contributed by atoms with Gasteiger partial charge in [0.15, 0.2) is 0 Å². The number of fused-ring (bicyclic) bond motifs is 5. The molecule has 0 radical (unpaired) electrons. The molecule has 2 amide bonds. The van der Waals surface area contributed by atoms with Crippen molar-refractivity contribution in [3.63, 3.8) is 0 Å². The number of furan rings is 1. The van der Waals surface area contributed by atoms with E-state index >= 15 is 0 Å². The van der Waals surface area contributed by atoms with Crippen LogP contribution in [-0.4, -0.2) is 28.0 Å². The number of nitro groups is 1. The molecule has 8 nitrogen and oxygen atoms in total. The van der Waals surface area contributed by atoms with E-state index in [0.29, 0.717) is 22.1 Å². The number of hydrogen-bond acceptors (Lipinski definition) is 6. The average Bonchev–Trinajstić information content (AvgIpc) is 3.46. The third kappa shape index (κ3) is 2.71. The van der Waals surface area contributed by atoms with E-state index < -0.39 is 4.92 Å². The maximum Gasteiger partial charge on any atom is 0.270 e. The third-order valence-electron chi connectivity index (χ3n) is 5.80. The van der Waals surface area contributed by atoms with Gasteiger partial charge < -0.3 is 4.42 Å². The summed E-state index contributed by atoms with van der Waals surface area (Å²) in [4.78, 5) is 35.7. The average molecular weight is 412 g/mol. The molecule has 4 atom stereocenters. The van der Waals surface area contributed by atoms with E-state index in [4.69, 9.17) is 16.0 Å². The second kappa shape index (κ2) is 6.38. The zero-order valence-corrected chi connectivity index (χ0v) is 15.7. The minimum atomic E-state index is -0.519. The van der Waals surface area contributed by atoms with Crippen LogP contribution in [0.15, 0.2) is 52.0 Å². The number of imide groups is 1. The van der Waals surface area contributed by atoms with E-state index in [-0.39, 0.29) is 41.2 Å². The van der Waals surface area contributed by atoms with Crippen LogP contribution in [0.1, 0.15) is 12.2 Å². The van der Waals surface area contributed by atoms with Crippen LogP contribution in [0.3, 0.4) is 0 Å². The second-order valence-corrected chi connectivity index (χ2v) is 7.76. The summed E-state index contributed by atoms with van der Waals surface area (Å²) >= 11 is 6.13. The lowest BCUT2D eigenvalue weighted by molar-refractivity contribution is -0.384. The highest BCUT2D eigenvalue weighted by Gasteiger charge is 2.59. The zero-order valence-electron chi connectivity index (χ0n) is 14.9. The largest absolute Gasteiger partial charge is 0.455 e. The lowest BCUT2D eigenvalue weighted by Crippen LogP contribution is -2.28. The molecular weight excluding hydrogens is 398 g/mol. The van der Waals surface area contributed by atoms with Crippen molar-refractivity contribution in [2.24, 2.45) is 28.8 Å². The molecule has 3 aliphatic rings. The molecule has 1 aromatic heterocycles. The number of carbonyl (C=O) groups is 2. The summed E-state index contributed by atoms with van der Waals surface area (Å²) in [5.41, 5.74) is 0.255. The first-order valence-electron chi connectivity index (χ1n) is 9.08. The number of nitrogens with zero attached hydrogens (tertiary/aromatic N) is 3. The van der Waals surface area contributed by atoms with Gasteiger partial charge in [0.25, 0.3) is 17.5 Å². The Balaban J connectivity index is 1.38. The predicted octanol–water partition coefficient (Wildman–Crippen LogP) is 3.65. The highest BCUT2D eigenvalue weighted by Crippen LogP contribution is 2.52. The van der Waals surface area contributed by atoms with Crippen molar-refractivity contribution in [2.75, 3.05) is 0 Å². The van der Waals surface area contributed by atoms with Gasteiger partial charge in [-0.15, -0.1) is 0 Å².